The first kappa shape index (κ1) is 18.1. The predicted octanol–water partition coefficient (Wildman–Crippen LogP) is 2.97. The number of methoxy groups -OCH3 is 1. The lowest BCUT2D eigenvalue weighted by Gasteiger charge is -2.13. The summed E-state index contributed by atoms with van der Waals surface area (Å²) in [6, 6.07) is 14.1. The molecule has 2 rings (SSSR count). The zero-order valence-electron chi connectivity index (χ0n) is 13.4. The van der Waals surface area contributed by atoms with Crippen molar-refractivity contribution in [1.82, 2.24) is 5.32 Å². The highest BCUT2D eigenvalue weighted by Gasteiger charge is 2.10. The van der Waals surface area contributed by atoms with E-state index in [0.717, 1.165) is 5.56 Å². The lowest BCUT2D eigenvalue weighted by atomic mass is 10.1. The van der Waals surface area contributed by atoms with Gasteiger partial charge in [0.2, 0.25) is 0 Å². The van der Waals surface area contributed by atoms with Crippen LogP contribution in [0.25, 0.3) is 0 Å². The number of carbonyl (C=O) groups is 1. The summed E-state index contributed by atoms with van der Waals surface area (Å²) in [4.78, 5) is 11.8. The van der Waals surface area contributed by atoms with Crippen LogP contribution in [0.2, 0.25) is 5.02 Å². The number of nitrogens with one attached hydrogen (secondary N) is 1. The molecule has 0 radical (unpaired) electrons. The molecule has 2 aromatic carbocycles. The Morgan fingerprint density at radius 1 is 1.21 bits per heavy atom. The minimum atomic E-state index is -0.681. The van der Waals surface area contributed by atoms with E-state index < -0.39 is 6.10 Å². The van der Waals surface area contributed by atoms with Crippen molar-refractivity contribution in [3.8, 4) is 11.5 Å². The van der Waals surface area contributed by atoms with Crippen molar-refractivity contribution >= 4 is 17.5 Å². The van der Waals surface area contributed by atoms with Gasteiger partial charge in [-0.15, -0.1) is 0 Å². The summed E-state index contributed by atoms with van der Waals surface area (Å²) in [6.45, 7) is 0.218. The summed E-state index contributed by atoms with van der Waals surface area (Å²) < 4.78 is 10.6. The number of hydrogen-bond acceptors (Lipinski definition) is 4. The van der Waals surface area contributed by atoms with Crippen LogP contribution < -0.4 is 14.8 Å². The minimum Gasteiger partial charge on any atom is -0.493 e. The molecule has 1 amide bonds. The maximum absolute atomic E-state index is 11.8. The van der Waals surface area contributed by atoms with Gasteiger partial charge in [-0.05, 0) is 36.2 Å². The Kier molecular flexibility index (Phi) is 6.90. The van der Waals surface area contributed by atoms with Gasteiger partial charge in [-0.2, -0.15) is 0 Å². The molecule has 2 aromatic rings. The smallest absolute Gasteiger partial charge is 0.257 e. The Bertz CT molecular complexity index is 678. The van der Waals surface area contributed by atoms with Crippen molar-refractivity contribution in [3.05, 3.63) is 59.1 Å². The monoisotopic (exact) mass is 349 g/mol. The molecule has 0 saturated carbocycles. The lowest BCUT2D eigenvalue weighted by molar-refractivity contribution is -0.123. The molecule has 5 nitrogen and oxygen atoms in total. The third kappa shape index (κ3) is 5.44. The van der Waals surface area contributed by atoms with Gasteiger partial charge >= 0.3 is 0 Å². The second-order valence-electron chi connectivity index (χ2n) is 5.15. The fraction of sp³-hybridized carbons (Fsp3) is 0.278. The summed E-state index contributed by atoms with van der Waals surface area (Å²) in [7, 11) is 1.54. The number of rotatable bonds is 8. The number of aliphatic hydroxyl groups is 1. The molecule has 0 aliphatic rings. The van der Waals surface area contributed by atoms with Gasteiger partial charge in [-0.1, -0.05) is 35.9 Å². The highest BCUT2D eigenvalue weighted by Crippen LogP contribution is 2.25. The molecule has 0 bridgehead atoms. The number of halogens is 1. The Labute approximate surface area is 146 Å². The number of amides is 1. The van der Waals surface area contributed by atoms with Crippen LogP contribution in [-0.4, -0.2) is 31.3 Å². The summed E-state index contributed by atoms with van der Waals surface area (Å²) >= 11 is 5.89. The summed E-state index contributed by atoms with van der Waals surface area (Å²) in [5.41, 5.74) is 0.724. The van der Waals surface area contributed by atoms with Crippen molar-refractivity contribution in [2.45, 2.75) is 12.5 Å². The fourth-order valence-corrected chi connectivity index (χ4v) is 2.36. The molecule has 0 aromatic heterocycles. The normalized spacial score (nSPS) is 11.6. The van der Waals surface area contributed by atoms with Crippen LogP contribution in [0.15, 0.2) is 48.5 Å². The van der Waals surface area contributed by atoms with Crippen molar-refractivity contribution < 1.29 is 19.4 Å². The van der Waals surface area contributed by atoms with Gasteiger partial charge < -0.3 is 19.9 Å². The van der Waals surface area contributed by atoms with E-state index in [1.54, 1.807) is 49.6 Å². The van der Waals surface area contributed by atoms with Gasteiger partial charge in [0, 0.05) is 11.6 Å². The molecular formula is C18H20ClNO4. The van der Waals surface area contributed by atoms with Gasteiger partial charge in [0.15, 0.2) is 18.1 Å². The molecule has 0 unspecified atom stereocenters. The van der Waals surface area contributed by atoms with Crippen LogP contribution in [0.4, 0.5) is 0 Å². The summed E-state index contributed by atoms with van der Waals surface area (Å²) in [5.74, 6) is 0.815. The molecule has 24 heavy (non-hydrogen) atoms. The Hall–Kier alpha value is -2.24. The predicted molar refractivity (Wildman–Crippen MR) is 92.5 cm³/mol. The van der Waals surface area contributed by atoms with Gasteiger partial charge in [-0.25, -0.2) is 0 Å². The molecule has 0 fully saturated rings. The lowest BCUT2D eigenvalue weighted by Crippen LogP contribution is -2.30. The molecule has 0 saturated heterocycles. The van der Waals surface area contributed by atoms with E-state index in [1.807, 2.05) is 6.07 Å². The molecule has 0 aliphatic heterocycles. The Morgan fingerprint density at radius 2 is 1.96 bits per heavy atom. The standard InChI is InChI=1S/C18H20ClNO4/c1-23-16-7-2-3-8-17(16)24-12-18(22)20-10-9-15(21)13-5-4-6-14(19)11-13/h2-8,11,15,21H,9-10,12H2,1H3,(H,20,22)/t15-/m0/s1. The SMILES string of the molecule is COc1ccccc1OCC(=O)NCC[C@H](O)c1cccc(Cl)c1. The summed E-state index contributed by atoms with van der Waals surface area (Å²) in [6.07, 6.45) is -0.292. The van der Waals surface area contributed by atoms with E-state index in [1.165, 1.54) is 0 Å². The largest absolute Gasteiger partial charge is 0.493 e. The maximum atomic E-state index is 11.8. The Morgan fingerprint density at radius 3 is 2.67 bits per heavy atom. The molecule has 0 spiro atoms. The fourth-order valence-electron chi connectivity index (χ4n) is 2.16. The van der Waals surface area contributed by atoms with Gasteiger partial charge in [0.05, 0.1) is 13.2 Å². The third-order valence-corrected chi connectivity index (χ3v) is 3.64. The van der Waals surface area contributed by atoms with E-state index >= 15 is 0 Å². The van der Waals surface area contributed by atoms with Crippen LogP contribution in [0.5, 0.6) is 11.5 Å². The van der Waals surface area contributed by atoms with E-state index in [2.05, 4.69) is 5.32 Å². The zero-order valence-corrected chi connectivity index (χ0v) is 14.1. The quantitative estimate of drug-likeness (QED) is 0.769. The van der Waals surface area contributed by atoms with E-state index in [4.69, 9.17) is 21.1 Å². The second-order valence-corrected chi connectivity index (χ2v) is 5.59. The number of para-hydroxylation sites is 2. The van der Waals surface area contributed by atoms with E-state index in [-0.39, 0.29) is 12.5 Å². The topological polar surface area (TPSA) is 67.8 Å². The maximum Gasteiger partial charge on any atom is 0.257 e. The van der Waals surface area contributed by atoms with Gasteiger partial charge in [0.1, 0.15) is 0 Å². The minimum absolute atomic E-state index is 0.117. The third-order valence-electron chi connectivity index (χ3n) is 3.40. The molecule has 128 valence electrons. The van der Waals surface area contributed by atoms with Gasteiger partial charge in [0.25, 0.3) is 5.91 Å². The highest BCUT2D eigenvalue weighted by molar-refractivity contribution is 6.30. The number of carbonyl (C=O) groups excluding carboxylic acids is 1. The van der Waals surface area contributed by atoms with E-state index in [0.29, 0.717) is 29.5 Å². The average Bonchev–Trinajstić information content (AvgIpc) is 2.60. The molecule has 0 heterocycles. The second kappa shape index (κ2) is 9.15. The van der Waals surface area contributed by atoms with Gasteiger partial charge in [-0.3, -0.25) is 4.79 Å². The Balaban J connectivity index is 1.73. The zero-order chi connectivity index (χ0) is 17.4. The molecular weight excluding hydrogens is 330 g/mol. The average molecular weight is 350 g/mol. The highest BCUT2D eigenvalue weighted by atomic mass is 35.5. The van der Waals surface area contributed by atoms with Crippen molar-refractivity contribution in [3.63, 3.8) is 0 Å². The van der Waals surface area contributed by atoms with Crippen molar-refractivity contribution in [1.29, 1.82) is 0 Å². The van der Waals surface area contributed by atoms with Crippen LogP contribution in [-0.2, 0) is 4.79 Å². The number of ether oxygens (including phenoxy) is 2. The molecule has 0 aliphatic carbocycles. The van der Waals surface area contributed by atoms with Crippen molar-refractivity contribution in [2.24, 2.45) is 0 Å². The van der Waals surface area contributed by atoms with Crippen molar-refractivity contribution in [2.75, 3.05) is 20.3 Å². The first-order valence-corrected chi connectivity index (χ1v) is 7.94. The molecule has 1 atom stereocenters. The first-order chi connectivity index (χ1) is 11.6. The summed E-state index contributed by atoms with van der Waals surface area (Å²) in [5, 5.41) is 13.4. The van der Waals surface area contributed by atoms with Crippen LogP contribution in [0, 0.1) is 0 Å². The number of aliphatic hydroxyl groups excluding tert-OH is 1. The van der Waals surface area contributed by atoms with E-state index in [9.17, 15) is 9.90 Å². The molecule has 2 N–H and O–H groups in total. The molecule has 6 heteroatoms. The number of benzene rings is 2. The number of hydrogen-bond donors (Lipinski definition) is 2. The van der Waals surface area contributed by atoms with Crippen LogP contribution in [0.1, 0.15) is 18.1 Å². The van der Waals surface area contributed by atoms with Crippen LogP contribution in [0.3, 0.4) is 0 Å². The first-order valence-electron chi connectivity index (χ1n) is 7.56. The van der Waals surface area contributed by atoms with Crippen LogP contribution >= 0.6 is 11.6 Å².